The Hall–Kier alpha value is -2.09. The number of likely N-dealkylation sites (tertiary alicyclic amines) is 1. The van der Waals surface area contributed by atoms with E-state index >= 15 is 0 Å². The summed E-state index contributed by atoms with van der Waals surface area (Å²) in [5, 5.41) is 44.2. The molecule has 1 aromatic heterocycles. The van der Waals surface area contributed by atoms with Crippen molar-refractivity contribution in [3.63, 3.8) is 0 Å². The van der Waals surface area contributed by atoms with Crippen molar-refractivity contribution in [1.82, 2.24) is 10.2 Å². The molecule has 1 saturated carbocycles. The zero-order chi connectivity index (χ0) is 18.9. The predicted octanol–water partition coefficient (Wildman–Crippen LogP) is 1.83. The number of fused-ring (bicyclic) bond motifs is 2. The normalized spacial score (nSPS) is 41.9. The molecular weight excluding hydrogens is 358 g/mol. The number of phenolic OH excluding ortho intramolecular Hbond substituents is 1. The topological polar surface area (TPSA) is 101 Å². The standard InChI is InChI=1S/C21H23N3O4/c25-14-4-3-12-7-15-21(26)8-13-9-22-23-17(13)19-20(21,16(12)18(14)28-19)5-6-24(15,27)10-11-1-2-11/h3-4,9,11,15,19,25-26H,1-2,5-8,10H2,(H,22,23)/t15-,19+,20+,21-,24?/m1/s1. The Kier molecular flexibility index (Phi) is 2.57. The molecule has 0 radical (unpaired) electrons. The number of nitrogens with zero attached hydrogens (tertiary/aromatic N) is 2. The second-order valence-corrected chi connectivity index (χ2v) is 9.60. The number of aromatic hydroxyl groups is 1. The molecule has 1 saturated heterocycles. The number of aliphatic hydroxyl groups is 1. The van der Waals surface area contributed by atoms with Crippen LogP contribution in [-0.4, -0.2) is 49.8 Å². The zero-order valence-electron chi connectivity index (χ0n) is 15.5. The van der Waals surface area contributed by atoms with Gasteiger partial charge in [0.15, 0.2) is 17.6 Å². The number of hydrogen-bond acceptors (Lipinski definition) is 5. The van der Waals surface area contributed by atoms with Crippen LogP contribution in [-0.2, 0) is 18.3 Å². The van der Waals surface area contributed by atoms with E-state index in [0.29, 0.717) is 44.0 Å². The summed E-state index contributed by atoms with van der Waals surface area (Å²) in [5.74, 6) is 1.08. The number of phenols is 1. The number of aromatic amines is 1. The fraction of sp³-hybridized carbons (Fsp3) is 0.571. The van der Waals surface area contributed by atoms with Crippen LogP contribution in [0.5, 0.6) is 11.5 Å². The number of ether oxygens (including phenoxy) is 1. The van der Waals surface area contributed by atoms with Crippen LogP contribution in [0, 0.1) is 11.1 Å². The minimum absolute atomic E-state index is 0.107. The summed E-state index contributed by atoms with van der Waals surface area (Å²) in [6, 6.07) is 3.17. The maximum atomic E-state index is 14.1. The molecule has 3 N–H and O–H groups in total. The molecule has 146 valence electrons. The Labute approximate surface area is 162 Å². The van der Waals surface area contributed by atoms with Crippen molar-refractivity contribution in [2.24, 2.45) is 5.92 Å². The molecule has 3 aliphatic carbocycles. The summed E-state index contributed by atoms with van der Waals surface area (Å²) in [7, 11) is 0. The Morgan fingerprint density at radius 3 is 3.00 bits per heavy atom. The summed E-state index contributed by atoms with van der Waals surface area (Å²) in [5.41, 5.74) is 1.86. The molecule has 7 heteroatoms. The number of benzene rings is 1. The van der Waals surface area contributed by atoms with E-state index in [1.165, 1.54) is 0 Å². The second kappa shape index (κ2) is 4.56. The molecule has 5 atom stereocenters. The number of aromatic nitrogens is 2. The highest BCUT2D eigenvalue weighted by atomic mass is 16.6. The van der Waals surface area contributed by atoms with Crippen molar-refractivity contribution in [1.29, 1.82) is 0 Å². The Balaban J connectivity index is 1.52. The largest absolute Gasteiger partial charge is 0.632 e. The smallest absolute Gasteiger partial charge is 0.166 e. The van der Waals surface area contributed by atoms with E-state index in [1.807, 2.05) is 6.07 Å². The van der Waals surface area contributed by atoms with Crippen LogP contribution in [0.15, 0.2) is 18.3 Å². The maximum absolute atomic E-state index is 14.1. The minimum atomic E-state index is -1.20. The van der Waals surface area contributed by atoms with Gasteiger partial charge in [-0.25, -0.2) is 0 Å². The van der Waals surface area contributed by atoms with Gasteiger partial charge >= 0.3 is 0 Å². The molecule has 2 aromatic rings. The number of nitrogens with one attached hydrogen (secondary N) is 1. The summed E-state index contributed by atoms with van der Waals surface area (Å²) in [6.07, 6.45) is 5.06. The molecule has 3 heterocycles. The van der Waals surface area contributed by atoms with Crippen molar-refractivity contribution in [3.05, 3.63) is 45.9 Å². The second-order valence-electron chi connectivity index (χ2n) is 9.60. The predicted molar refractivity (Wildman–Crippen MR) is 98.6 cm³/mol. The highest BCUT2D eigenvalue weighted by Crippen LogP contribution is 2.69. The van der Waals surface area contributed by atoms with Gasteiger partial charge < -0.3 is 24.8 Å². The van der Waals surface area contributed by atoms with Gasteiger partial charge in [0.05, 0.1) is 30.4 Å². The van der Waals surface area contributed by atoms with Gasteiger partial charge in [-0.3, -0.25) is 5.10 Å². The van der Waals surface area contributed by atoms with Crippen molar-refractivity contribution < 1.29 is 19.6 Å². The van der Waals surface area contributed by atoms with E-state index in [1.54, 1.807) is 12.3 Å². The first-order valence-electron chi connectivity index (χ1n) is 10.3. The fourth-order valence-corrected chi connectivity index (χ4v) is 6.92. The van der Waals surface area contributed by atoms with Gasteiger partial charge in [0.25, 0.3) is 0 Å². The molecule has 28 heavy (non-hydrogen) atoms. The van der Waals surface area contributed by atoms with E-state index in [2.05, 4.69) is 10.2 Å². The molecule has 2 aliphatic heterocycles. The Morgan fingerprint density at radius 2 is 2.18 bits per heavy atom. The van der Waals surface area contributed by atoms with Crippen molar-refractivity contribution in [3.8, 4) is 11.5 Å². The van der Waals surface area contributed by atoms with Gasteiger partial charge in [-0.15, -0.1) is 0 Å². The van der Waals surface area contributed by atoms with Gasteiger partial charge in [-0.2, -0.15) is 5.10 Å². The number of quaternary nitrogens is 1. The van der Waals surface area contributed by atoms with E-state index < -0.39 is 23.2 Å². The third-order valence-electron chi connectivity index (χ3n) is 8.28. The molecule has 0 amide bonds. The van der Waals surface area contributed by atoms with E-state index in [0.717, 1.165) is 35.2 Å². The van der Waals surface area contributed by atoms with Crippen LogP contribution in [0.4, 0.5) is 0 Å². The lowest BCUT2D eigenvalue weighted by Crippen LogP contribution is -2.78. The van der Waals surface area contributed by atoms with Crippen molar-refractivity contribution in [2.45, 2.75) is 55.3 Å². The van der Waals surface area contributed by atoms with Crippen LogP contribution in [0.1, 0.15) is 47.8 Å². The van der Waals surface area contributed by atoms with Gasteiger partial charge in [0.2, 0.25) is 0 Å². The van der Waals surface area contributed by atoms with Gasteiger partial charge in [-0.05, 0) is 24.5 Å². The molecule has 5 aliphatic rings. The molecule has 7 rings (SSSR count). The lowest BCUT2D eigenvalue weighted by molar-refractivity contribution is -0.924. The summed E-state index contributed by atoms with van der Waals surface area (Å²) >= 11 is 0. The maximum Gasteiger partial charge on any atom is 0.166 e. The van der Waals surface area contributed by atoms with E-state index in [-0.39, 0.29) is 10.4 Å². The first-order chi connectivity index (χ1) is 13.5. The molecule has 1 unspecified atom stereocenters. The van der Waals surface area contributed by atoms with E-state index in [4.69, 9.17) is 4.74 Å². The zero-order valence-corrected chi connectivity index (χ0v) is 15.5. The van der Waals surface area contributed by atoms with Crippen LogP contribution < -0.4 is 4.74 Å². The summed E-state index contributed by atoms with van der Waals surface area (Å²) in [6.45, 7) is 1.09. The van der Waals surface area contributed by atoms with Gasteiger partial charge in [-0.1, -0.05) is 6.07 Å². The fourth-order valence-electron chi connectivity index (χ4n) is 6.92. The van der Waals surface area contributed by atoms with Crippen molar-refractivity contribution >= 4 is 0 Å². The molecular formula is C21H23N3O4. The van der Waals surface area contributed by atoms with Crippen LogP contribution in [0.25, 0.3) is 0 Å². The first-order valence-corrected chi connectivity index (χ1v) is 10.3. The average molecular weight is 381 g/mol. The number of hydroxylamine groups is 3. The molecule has 1 spiro atoms. The molecule has 1 aromatic carbocycles. The van der Waals surface area contributed by atoms with Crippen molar-refractivity contribution in [2.75, 3.05) is 13.1 Å². The number of rotatable bonds is 2. The average Bonchev–Trinajstić information content (AvgIpc) is 3.21. The highest BCUT2D eigenvalue weighted by molar-refractivity contribution is 5.63. The Morgan fingerprint density at radius 1 is 1.32 bits per heavy atom. The monoisotopic (exact) mass is 381 g/mol. The number of hydrogen-bond donors (Lipinski definition) is 3. The third kappa shape index (κ3) is 1.55. The summed E-state index contributed by atoms with van der Waals surface area (Å²) < 4.78 is 6.02. The SMILES string of the molecule is [O-][N+]1(CC2CC2)CC[C@]23c4c5ccc(O)c4O[C@H]2c2[nH]ncc2C[C@@]3(O)[C@H]1C5. The molecule has 2 fully saturated rings. The minimum Gasteiger partial charge on any atom is -0.632 e. The van der Waals surface area contributed by atoms with E-state index in [9.17, 15) is 15.4 Å². The number of piperidine rings is 1. The van der Waals surface area contributed by atoms with Crippen LogP contribution in [0.2, 0.25) is 0 Å². The Bertz CT molecular complexity index is 1030. The highest BCUT2D eigenvalue weighted by Gasteiger charge is 2.75. The lowest BCUT2D eigenvalue weighted by atomic mass is 9.49. The molecule has 7 nitrogen and oxygen atoms in total. The van der Waals surface area contributed by atoms with Crippen LogP contribution in [0.3, 0.4) is 0 Å². The first kappa shape index (κ1) is 15.8. The number of H-pyrrole nitrogens is 1. The van der Waals surface area contributed by atoms with Gasteiger partial charge in [0, 0.05) is 36.3 Å². The van der Waals surface area contributed by atoms with Gasteiger partial charge in [0.1, 0.15) is 11.6 Å². The van der Waals surface area contributed by atoms with Crippen LogP contribution >= 0.6 is 0 Å². The third-order valence-corrected chi connectivity index (χ3v) is 8.28. The quantitative estimate of drug-likeness (QED) is 0.544. The summed E-state index contributed by atoms with van der Waals surface area (Å²) in [4.78, 5) is 0. The molecule has 2 bridgehead atoms. The lowest BCUT2D eigenvalue weighted by Gasteiger charge is -2.67.